The molecule has 1 aromatic carbocycles. The van der Waals surface area contributed by atoms with Crippen LogP contribution in [-0.4, -0.2) is 4.57 Å². The van der Waals surface area contributed by atoms with Gasteiger partial charge in [0, 0.05) is 28.7 Å². The molecule has 0 aliphatic rings. The molecule has 0 fully saturated rings. The Labute approximate surface area is 95.0 Å². The molecule has 0 aliphatic heterocycles. The molecule has 0 saturated heterocycles. The second-order valence-corrected chi connectivity index (χ2v) is 4.08. The maximum Gasteiger partial charge on any atom is 0.0487 e. The maximum absolute atomic E-state index is 5.99. The third-order valence-electron chi connectivity index (χ3n) is 2.56. The number of hydrogen-bond acceptors (Lipinski definition) is 0. The van der Waals surface area contributed by atoms with Gasteiger partial charge in [0.15, 0.2) is 0 Å². The van der Waals surface area contributed by atoms with Gasteiger partial charge in [-0.2, -0.15) is 0 Å². The van der Waals surface area contributed by atoms with E-state index >= 15 is 0 Å². The molecule has 78 valence electrons. The molecule has 1 nitrogen and oxygen atoms in total. The van der Waals surface area contributed by atoms with Crippen molar-refractivity contribution in [3.63, 3.8) is 0 Å². The van der Waals surface area contributed by atoms with Gasteiger partial charge in [0.05, 0.1) is 0 Å². The van der Waals surface area contributed by atoms with E-state index in [-0.39, 0.29) is 0 Å². The van der Waals surface area contributed by atoms with Gasteiger partial charge in [0.1, 0.15) is 0 Å². The third-order valence-corrected chi connectivity index (χ3v) is 2.79. The van der Waals surface area contributed by atoms with Crippen LogP contribution < -0.4 is 0 Å². The van der Waals surface area contributed by atoms with Gasteiger partial charge in [0.25, 0.3) is 0 Å². The van der Waals surface area contributed by atoms with Gasteiger partial charge < -0.3 is 4.57 Å². The molecule has 15 heavy (non-hydrogen) atoms. The Bertz CT molecular complexity index is 496. The van der Waals surface area contributed by atoms with Crippen molar-refractivity contribution < 1.29 is 0 Å². The van der Waals surface area contributed by atoms with E-state index in [1.54, 1.807) is 0 Å². The monoisotopic (exact) mass is 219 g/mol. The zero-order valence-electron chi connectivity index (χ0n) is 8.83. The Balaban J connectivity index is 2.69. The first-order valence-electron chi connectivity index (χ1n) is 5.17. The number of halogens is 1. The van der Waals surface area contributed by atoms with Crippen LogP contribution in [0.15, 0.2) is 31.0 Å². The van der Waals surface area contributed by atoms with Gasteiger partial charge in [-0.25, -0.2) is 0 Å². The summed E-state index contributed by atoms with van der Waals surface area (Å²) in [5.41, 5.74) is 2.39. The van der Waals surface area contributed by atoms with E-state index in [9.17, 15) is 0 Å². The lowest BCUT2D eigenvalue weighted by molar-refractivity contribution is 0.703. The molecule has 0 spiro atoms. The van der Waals surface area contributed by atoms with Crippen molar-refractivity contribution in [3.8, 4) is 0 Å². The van der Waals surface area contributed by atoms with E-state index in [1.807, 2.05) is 18.2 Å². The van der Waals surface area contributed by atoms with Crippen molar-refractivity contribution in [2.75, 3.05) is 0 Å². The largest absolute Gasteiger partial charge is 0.347 e. The van der Waals surface area contributed by atoms with Crippen LogP contribution in [0.5, 0.6) is 0 Å². The van der Waals surface area contributed by atoms with Gasteiger partial charge in [-0.15, -0.1) is 0 Å². The molecule has 0 atom stereocenters. The van der Waals surface area contributed by atoms with Crippen molar-refractivity contribution >= 4 is 28.6 Å². The summed E-state index contributed by atoms with van der Waals surface area (Å²) in [6, 6.07) is 6.00. The number of nitrogens with zero attached hydrogens (tertiary/aromatic N) is 1. The van der Waals surface area contributed by atoms with Crippen LogP contribution >= 0.6 is 11.6 Å². The van der Waals surface area contributed by atoms with Crippen LogP contribution in [0.1, 0.15) is 18.9 Å². The van der Waals surface area contributed by atoms with Crippen molar-refractivity contribution in [2.45, 2.75) is 19.9 Å². The Kier molecular flexibility index (Phi) is 2.83. The first-order chi connectivity index (χ1) is 7.26. The predicted octanol–water partition coefficient (Wildman–Crippen LogP) is 4.35. The number of hydrogen-bond donors (Lipinski definition) is 0. The zero-order valence-corrected chi connectivity index (χ0v) is 9.59. The lowest BCUT2D eigenvalue weighted by Crippen LogP contribution is -1.93. The number of aromatic nitrogens is 1. The van der Waals surface area contributed by atoms with Gasteiger partial charge in [0.2, 0.25) is 0 Å². The molecule has 0 aliphatic carbocycles. The zero-order chi connectivity index (χ0) is 10.8. The first kappa shape index (κ1) is 10.3. The highest BCUT2D eigenvalue weighted by molar-refractivity contribution is 6.31. The highest BCUT2D eigenvalue weighted by atomic mass is 35.5. The van der Waals surface area contributed by atoms with E-state index in [1.165, 1.54) is 10.9 Å². The quantitative estimate of drug-likeness (QED) is 0.724. The van der Waals surface area contributed by atoms with Crippen LogP contribution in [0.4, 0.5) is 0 Å². The van der Waals surface area contributed by atoms with E-state index < -0.39 is 0 Å². The van der Waals surface area contributed by atoms with E-state index in [4.69, 9.17) is 11.6 Å². The molecule has 0 bridgehead atoms. The summed E-state index contributed by atoms with van der Waals surface area (Å²) < 4.78 is 2.25. The summed E-state index contributed by atoms with van der Waals surface area (Å²) in [6.45, 7) is 7.04. The fraction of sp³-hybridized carbons (Fsp3) is 0.231. The van der Waals surface area contributed by atoms with Crippen molar-refractivity contribution in [3.05, 3.63) is 41.6 Å². The van der Waals surface area contributed by atoms with Crippen LogP contribution in [0.2, 0.25) is 5.02 Å². The second-order valence-electron chi connectivity index (χ2n) is 3.64. The summed E-state index contributed by atoms with van der Waals surface area (Å²) in [6.07, 6.45) is 5.14. The minimum atomic E-state index is 0.778. The fourth-order valence-electron chi connectivity index (χ4n) is 1.89. The molecule has 0 amide bonds. The van der Waals surface area contributed by atoms with Crippen molar-refractivity contribution in [1.82, 2.24) is 4.57 Å². The average molecular weight is 220 g/mol. The molecule has 0 radical (unpaired) electrons. The minimum absolute atomic E-state index is 0.778. The highest BCUT2D eigenvalue weighted by Crippen LogP contribution is 2.25. The Morgan fingerprint density at radius 1 is 1.47 bits per heavy atom. The lowest BCUT2D eigenvalue weighted by atomic mass is 10.2. The second kappa shape index (κ2) is 4.11. The van der Waals surface area contributed by atoms with Gasteiger partial charge in [-0.1, -0.05) is 31.2 Å². The predicted molar refractivity (Wildman–Crippen MR) is 67.3 cm³/mol. The average Bonchev–Trinajstić information content (AvgIpc) is 2.56. The van der Waals surface area contributed by atoms with Gasteiger partial charge in [-0.3, -0.25) is 0 Å². The van der Waals surface area contributed by atoms with Crippen molar-refractivity contribution in [2.24, 2.45) is 0 Å². The molecule has 2 rings (SSSR count). The smallest absolute Gasteiger partial charge is 0.0487 e. The molecular formula is C13H14ClN. The molecule has 1 aromatic heterocycles. The molecule has 0 saturated carbocycles. The molecule has 2 aromatic rings. The maximum atomic E-state index is 5.99. The minimum Gasteiger partial charge on any atom is -0.347 e. The molecule has 2 heteroatoms. The Morgan fingerprint density at radius 2 is 2.27 bits per heavy atom. The molecular weight excluding hydrogens is 206 g/mol. The normalized spacial score (nSPS) is 10.8. The molecule has 0 N–H and O–H groups in total. The molecule has 1 heterocycles. The van der Waals surface area contributed by atoms with Crippen molar-refractivity contribution in [1.29, 1.82) is 0 Å². The third kappa shape index (κ3) is 1.80. The number of fused-ring (bicyclic) bond motifs is 1. The first-order valence-corrected chi connectivity index (χ1v) is 5.55. The van der Waals surface area contributed by atoms with E-state index in [0.29, 0.717) is 0 Å². The van der Waals surface area contributed by atoms with Crippen LogP contribution in [0, 0.1) is 0 Å². The standard InChI is InChI=1S/C13H14ClN/c1-3-7-15-9-10(4-2)12-8-11(14)5-6-13(12)15/h4-6,8-9H,2-3,7H2,1H3. The number of aryl methyl sites for hydroxylation is 1. The summed E-state index contributed by atoms with van der Waals surface area (Å²) in [5.74, 6) is 0. The fourth-order valence-corrected chi connectivity index (χ4v) is 2.06. The van der Waals surface area contributed by atoms with E-state index in [2.05, 4.69) is 30.3 Å². The van der Waals surface area contributed by atoms with Crippen LogP contribution in [0.3, 0.4) is 0 Å². The van der Waals surface area contributed by atoms with Gasteiger partial charge >= 0.3 is 0 Å². The SMILES string of the molecule is C=Cc1cn(CCC)c2ccc(Cl)cc12. The van der Waals surface area contributed by atoms with Crippen LogP contribution in [0.25, 0.3) is 17.0 Å². The highest BCUT2D eigenvalue weighted by Gasteiger charge is 2.05. The van der Waals surface area contributed by atoms with Crippen LogP contribution in [-0.2, 0) is 6.54 Å². The topological polar surface area (TPSA) is 4.93 Å². The summed E-state index contributed by atoms with van der Waals surface area (Å²) in [4.78, 5) is 0. The number of rotatable bonds is 3. The summed E-state index contributed by atoms with van der Waals surface area (Å²) in [7, 11) is 0. The Hall–Kier alpha value is -1.21. The lowest BCUT2D eigenvalue weighted by Gasteiger charge is -2.01. The molecule has 0 unspecified atom stereocenters. The number of benzene rings is 1. The summed E-state index contributed by atoms with van der Waals surface area (Å²) >= 11 is 5.99. The van der Waals surface area contributed by atoms with Gasteiger partial charge in [-0.05, 0) is 30.2 Å². The summed E-state index contributed by atoms with van der Waals surface area (Å²) in [5, 5.41) is 1.96. The Morgan fingerprint density at radius 3 is 2.93 bits per heavy atom. The van der Waals surface area contributed by atoms with E-state index in [0.717, 1.165) is 23.6 Å².